The summed E-state index contributed by atoms with van der Waals surface area (Å²) in [5.74, 6) is 1.10. The van der Waals surface area contributed by atoms with Gasteiger partial charge in [-0.2, -0.15) is 0 Å². The molecular formula is C21H20FN3O3S. The first-order valence-electron chi connectivity index (χ1n) is 8.79. The fourth-order valence-electron chi connectivity index (χ4n) is 2.54. The van der Waals surface area contributed by atoms with Crippen LogP contribution in [0.5, 0.6) is 11.5 Å². The Kier molecular flexibility index (Phi) is 7.02. The van der Waals surface area contributed by atoms with Gasteiger partial charge in [0, 0.05) is 18.2 Å². The van der Waals surface area contributed by atoms with Crippen molar-refractivity contribution in [2.24, 2.45) is 0 Å². The molecule has 6 nitrogen and oxygen atoms in total. The van der Waals surface area contributed by atoms with Crippen LogP contribution in [0, 0.1) is 5.82 Å². The highest BCUT2D eigenvalue weighted by Crippen LogP contribution is 2.32. The van der Waals surface area contributed by atoms with Gasteiger partial charge in [0.2, 0.25) is 5.91 Å². The third-order valence-corrected chi connectivity index (χ3v) is 5.00. The molecule has 0 atom stereocenters. The number of amides is 1. The van der Waals surface area contributed by atoms with Crippen molar-refractivity contribution in [1.82, 2.24) is 15.5 Å². The predicted octanol–water partition coefficient (Wildman–Crippen LogP) is 3.71. The summed E-state index contributed by atoms with van der Waals surface area (Å²) in [7, 11) is 3.18. The van der Waals surface area contributed by atoms with E-state index in [2.05, 4.69) is 15.5 Å². The molecule has 0 aliphatic rings. The number of hydrogen-bond donors (Lipinski definition) is 1. The van der Waals surface area contributed by atoms with Crippen LogP contribution in [0.4, 0.5) is 4.39 Å². The van der Waals surface area contributed by atoms with Crippen molar-refractivity contribution in [3.05, 3.63) is 66.0 Å². The molecule has 150 valence electrons. The Morgan fingerprint density at radius 3 is 2.48 bits per heavy atom. The number of halogens is 1. The molecule has 3 rings (SSSR count). The number of ether oxygens (including phenoxy) is 2. The van der Waals surface area contributed by atoms with E-state index in [1.54, 1.807) is 32.4 Å². The van der Waals surface area contributed by atoms with Crippen molar-refractivity contribution < 1.29 is 18.7 Å². The summed E-state index contributed by atoms with van der Waals surface area (Å²) in [5, 5.41) is 11.8. The van der Waals surface area contributed by atoms with Crippen LogP contribution in [0.1, 0.15) is 5.56 Å². The molecule has 3 aromatic rings. The number of nitrogens with zero attached hydrogens (tertiary/aromatic N) is 2. The number of nitrogens with one attached hydrogen (secondary N) is 1. The highest BCUT2D eigenvalue weighted by molar-refractivity contribution is 7.99. The van der Waals surface area contributed by atoms with Crippen molar-refractivity contribution >= 4 is 17.7 Å². The van der Waals surface area contributed by atoms with Crippen LogP contribution in [0.3, 0.4) is 0 Å². The minimum absolute atomic E-state index is 0.137. The maximum atomic E-state index is 12.9. The Bertz CT molecular complexity index is 966. The van der Waals surface area contributed by atoms with E-state index >= 15 is 0 Å². The molecule has 1 N–H and O–H groups in total. The van der Waals surface area contributed by atoms with Gasteiger partial charge in [-0.25, -0.2) is 4.39 Å². The first-order chi connectivity index (χ1) is 14.1. The molecule has 0 spiro atoms. The number of carbonyl (C=O) groups is 1. The number of aromatic nitrogens is 2. The molecule has 0 saturated carbocycles. The van der Waals surface area contributed by atoms with Gasteiger partial charge in [-0.3, -0.25) is 4.79 Å². The second-order valence-corrected chi connectivity index (χ2v) is 7.01. The zero-order valence-electron chi connectivity index (χ0n) is 16.0. The lowest BCUT2D eigenvalue weighted by Crippen LogP contribution is -2.24. The zero-order valence-corrected chi connectivity index (χ0v) is 16.8. The monoisotopic (exact) mass is 413 g/mol. The topological polar surface area (TPSA) is 73.3 Å². The van der Waals surface area contributed by atoms with Crippen LogP contribution in [-0.4, -0.2) is 36.1 Å². The molecule has 0 unspecified atom stereocenters. The van der Waals surface area contributed by atoms with Crippen molar-refractivity contribution in [3.8, 4) is 22.8 Å². The fraction of sp³-hybridized carbons (Fsp3) is 0.190. The third-order valence-electron chi connectivity index (χ3n) is 4.08. The van der Waals surface area contributed by atoms with Crippen molar-refractivity contribution in [2.75, 3.05) is 20.0 Å². The van der Waals surface area contributed by atoms with E-state index < -0.39 is 0 Å². The van der Waals surface area contributed by atoms with Gasteiger partial charge in [-0.1, -0.05) is 23.9 Å². The second kappa shape index (κ2) is 9.88. The lowest BCUT2D eigenvalue weighted by molar-refractivity contribution is -0.118. The van der Waals surface area contributed by atoms with Crippen molar-refractivity contribution in [2.45, 2.75) is 11.6 Å². The van der Waals surface area contributed by atoms with Crippen molar-refractivity contribution in [3.63, 3.8) is 0 Å². The van der Waals surface area contributed by atoms with Gasteiger partial charge >= 0.3 is 0 Å². The lowest BCUT2D eigenvalue weighted by atomic mass is 10.1. The van der Waals surface area contributed by atoms with E-state index in [9.17, 15) is 9.18 Å². The Morgan fingerprint density at radius 2 is 1.83 bits per heavy atom. The quantitative estimate of drug-likeness (QED) is 0.568. The molecule has 0 saturated heterocycles. The Hall–Kier alpha value is -3.13. The summed E-state index contributed by atoms with van der Waals surface area (Å²) in [4.78, 5) is 12.0. The summed E-state index contributed by atoms with van der Waals surface area (Å²) in [6, 6.07) is 15.1. The van der Waals surface area contributed by atoms with Crippen LogP contribution >= 0.6 is 11.8 Å². The maximum absolute atomic E-state index is 12.9. The van der Waals surface area contributed by atoms with Crippen LogP contribution in [0.25, 0.3) is 11.3 Å². The smallest absolute Gasteiger partial charge is 0.230 e. The molecule has 1 heterocycles. The number of carbonyl (C=O) groups excluding carboxylic acids is 1. The Labute approximate surface area is 172 Å². The molecular weight excluding hydrogens is 393 g/mol. The first-order valence-corrected chi connectivity index (χ1v) is 9.77. The molecule has 1 aromatic heterocycles. The fourth-order valence-corrected chi connectivity index (χ4v) is 3.19. The highest BCUT2D eigenvalue weighted by atomic mass is 32.2. The predicted molar refractivity (Wildman–Crippen MR) is 110 cm³/mol. The first kappa shape index (κ1) is 20.6. The van der Waals surface area contributed by atoms with E-state index in [0.717, 1.165) is 11.1 Å². The highest BCUT2D eigenvalue weighted by Gasteiger charge is 2.10. The molecule has 0 bridgehead atoms. The largest absolute Gasteiger partial charge is 0.497 e. The summed E-state index contributed by atoms with van der Waals surface area (Å²) < 4.78 is 23.5. The van der Waals surface area contributed by atoms with Gasteiger partial charge in [0.1, 0.15) is 22.3 Å². The third kappa shape index (κ3) is 5.68. The number of benzene rings is 2. The minimum atomic E-state index is -0.301. The van der Waals surface area contributed by atoms with Crippen LogP contribution in [0.15, 0.2) is 59.6 Å². The van der Waals surface area contributed by atoms with Crippen molar-refractivity contribution in [1.29, 1.82) is 0 Å². The zero-order chi connectivity index (χ0) is 20.6. The minimum Gasteiger partial charge on any atom is -0.497 e. The summed E-state index contributed by atoms with van der Waals surface area (Å²) in [6.45, 7) is 0.349. The SMILES string of the molecule is COc1ccc(-c2ccc(SCC(=O)NCc3ccc(F)cc3)nn2)c(OC)c1. The van der Waals surface area contributed by atoms with Gasteiger partial charge < -0.3 is 14.8 Å². The standard InChI is InChI=1S/C21H20FN3O3S/c1-27-16-7-8-17(19(11-16)28-2)18-9-10-21(25-24-18)29-13-20(26)23-12-14-3-5-15(22)6-4-14/h3-11H,12-13H2,1-2H3,(H,23,26). The maximum Gasteiger partial charge on any atom is 0.230 e. The Balaban J connectivity index is 1.55. The molecule has 1 amide bonds. The molecule has 0 fully saturated rings. The number of rotatable bonds is 8. The van der Waals surface area contributed by atoms with Gasteiger partial charge in [-0.05, 0) is 42.0 Å². The summed E-state index contributed by atoms with van der Waals surface area (Å²) in [6.07, 6.45) is 0. The molecule has 0 aliphatic heterocycles. The second-order valence-electron chi connectivity index (χ2n) is 6.01. The van der Waals surface area contributed by atoms with E-state index in [-0.39, 0.29) is 17.5 Å². The van der Waals surface area contributed by atoms with Gasteiger partial charge in [0.05, 0.1) is 25.7 Å². The molecule has 8 heteroatoms. The number of hydrogen-bond acceptors (Lipinski definition) is 6. The van der Waals surface area contributed by atoms with Gasteiger partial charge in [-0.15, -0.1) is 10.2 Å². The van der Waals surface area contributed by atoms with E-state index in [0.29, 0.717) is 28.8 Å². The number of methoxy groups -OCH3 is 2. The molecule has 0 aliphatic carbocycles. The lowest BCUT2D eigenvalue weighted by Gasteiger charge is -2.10. The normalized spacial score (nSPS) is 10.4. The molecule has 2 aromatic carbocycles. The average Bonchev–Trinajstić information content (AvgIpc) is 2.77. The van der Waals surface area contributed by atoms with Crippen LogP contribution in [0.2, 0.25) is 0 Å². The van der Waals surface area contributed by atoms with E-state index in [1.165, 1.54) is 23.9 Å². The van der Waals surface area contributed by atoms with Gasteiger partial charge in [0.25, 0.3) is 0 Å². The van der Waals surface area contributed by atoms with E-state index in [4.69, 9.17) is 9.47 Å². The average molecular weight is 413 g/mol. The van der Waals surface area contributed by atoms with E-state index in [1.807, 2.05) is 24.3 Å². The molecule has 29 heavy (non-hydrogen) atoms. The van der Waals surface area contributed by atoms with Crippen LogP contribution < -0.4 is 14.8 Å². The molecule has 0 radical (unpaired) electrons. The number of thioether (sulfide) groups is 1. The summed E-state index contributed by atoms with van der Waals surface area (Å²) in [5.41, 5.74) is 2.30. The van der Waals surface area contributed by atoms with Gasteiger partial charge in [0.15, 0.2) is 0 Å². The van der Waals surface area contributed by atoms with Crippen LogP contribution in [-0.2, 0) is 11.3 Å². The summed E-state index contributed by atoms with van der Waals surface area (Å²) >= 11 is 1.29. The Morgan fingerprint density at radius 1 is 1.03 bits per heavy atom.